The van der Waals surface area contributed by atoms with Gasteiger partial charge in [-0.25, -0.2) is 0 Å². The van der Waals surface area contributed by atoms with E-state index in [-0.39, 0.29) is 11.9 Å². The topological polar surface area (TPSA) is 54.0 Å². The van der Waals surface area contributed by atoms with Crippen LogP contribution >= 0.6 is 11.8 Å². The molecule has 2 N–H and O–H groups in total. The van der Waals surface area contributed by atoms with Crippen LogP contribution in [-0.4, -0.2) is 29.0 Å². The molecular weight excluding hydrogens is 318 g/mol. The standard InChI is InChI=1S/C19H21N3OS/c1-12-10-16(8-9-20-12)24-15-5-2-13(3-6-15)19(23)22-18-11-14-4-7-17(18)21-14/h2-3,5-6,8-10,14,17-18,21H,4,7,11H2,1H3,(H,22,23)/t14-,17+,18-/m1/s1. The highest BCUT2D eigenvalue weighted by Gasteiger charge is 2.39. The predicted octanol–water partition coefficient (Wildman–Crippen LogP) is 3.16. The number of carbonyl (C=O) groups excluding carboxylic acids is 1. The largest absolute Gasteiger partial charge is 0.348 e. The molecule has 0 aliphatic carbocycles. The normalized spacial score (nSPS) is 25.0. The number of hydrogen-bond acceptors (Lipinski definition) is 4. The number of amides is 1. The summed E-state index contributed by atoms with van der Waals surface area (Å²) in [5.74, 6) is 0.0330. The molecule has 4 rings (SSSR count). The van der Waals surface area contributed by atoms with E-state index in [4.69, 9.17) is 0 Å². The number of nitrogens with zero attached hydrogens (tertiary/aromatic N) is 1. The van der Waals surface area contributed by atoms with Crippen molar-refractivity contribution in [3.8, 4) is 0 Å². The summed E-state index contributed by atoms with van der Waals surface area (Å²) >= 11 is 1.68. The third-order valence-corrected chi connectivity index (χ3v) is 5.83. The third-order valence-electron chi connectivity index (χ3n) is 4.84. The Labute approximate surface area is 146 Å². The maximum Gasteiger partial charge on any atom is 0.251 e. The van der Waals surface area contributed by atoms with Crippen molar-refractivity contribution in [2.45, 2.75) is 54.1 Å². The first kappa shape index (κ1) is 15.7. The summed E-state index contributed by atoms with van der Waals surface area (Å²) in [5, 5.41) is 6.74. The minimum atomic E-state index is 0.0330. The van der Waals surface area contributed by atoms with Crippen LogP contribution in [0.5, 0.6) is 0 Å². The minimum absolute atomic E-state index is 0.0330. The Morgan fingerprint density at radius 1 is 1.21 bits per heavy atom. The van der Waals surface area contributed by atoms with Crippen LogP contribution in [0.15, 0.2) is 52.4 Å². The summed E-state index contributed by atoms with van der Waals surface area (Å²) in [6, 6.07) is 13.2. The van der Waals surface area contributed by atoms with Crippen LogP contribution in [0.25, 0.3) is 0 Å². The molecule has 124 valence electrons. The molecule has 2 saturated heterocycles. The lowest BCUT2D eigenvalue weighted by Crippen LogP contribution is -2.42. The molecule has 2 aliphatic rings. The van der Waals surface area contributed by atoms with E-state index in [9.17, 15) is 4.79 Å². The maximum absolute atomic E-state index is 12.4. The molecule has 0 radical (unpaired) electrons. The van der Waals surface area contributed by atoms with Crippen LogP contribution in [0.3, 0.4) is 0 Å². The van der Waals surface area contributed by atoms with Crippen molar-refractivity contribution < 1.29 is 4.79 Å². The van der Waals surface area contributed by atoms with Crippen LogP contribution in [0.1, 0.15) is 35.3 Å². The van der Waals surface area contributed by atoms with E-state index in [1.165, 1.54) is 12.8 Å². The fourth-order valence-electron chi connectivity index (χ4n) is 3.63. The van der Waals surface area contributed by atoms with Crippen LogP contribution in [0.4, 0.5) is 0 Å². The minimum Gasteiger partial charge on any atom is -0.348 e. The van der Waals surface area contributed by atoms with Crippen molar-refractivity contribution in [2.75, 3.05) is 0 Å². The quantitative estimate of drug-likeness (QED) is 0.898. The van der Waals surface area contributed by atoms with E-state index in [0.29, 0.717) is 12.1 Å². The Hall–Kier alpha value is -1.85. The Bertz CT molecular complexity index is 747. The summed E-state index contributed by atoms with van der Waals surface area (Å²) in [7, 11) is 0. The highest BCUT2D eigenvalue weighted by atomic mass is 32.2. The van der Waals surface area contributed by atoms with E-state index < -0.39 is 0 Å². The Morgan fingerprint density at radius 2 is 2.04 bits per heavy atom. The van der Waals surface area contributed by atoms with Crippen LogP contribution < -0.4 is 10.6 Å². The van der Waals surface area contributed by atoms with Gasteiger partial charge in [-0.3, -0.25) is 9.78 Å². The number of nitrogens with one attached hydrogen (secondary N) is 2. The highest BCUT2D eigenvalue weighted by Crippen LogP contribution is 2.29. The van der Waals surface area contributed by atoms with Crippen molar-refractivity contribution in [3.05, 3.63) is 53.9 Å². The second kappa shape index (κ2) is 6.57. The molecule has 3 heterocycles. The van der Waals surface area contributed by atoms with Crippen LogP contribution in [0, 0.1) is 6.92 Å². The summed E-state index contributed by atoms with van der Waals surface area (Å²) in [5.41, 5.74) is 1.74. The zero-order valence-electron chi connectivity index (χ0n) is 13.7. The Kier molecular flexibility index (Phi) is 4.29. The second-order valence-electron chi connectivity index (χ2n) is 6.62. The van der Waals surface area contributed by atoms with E-state index in [1.807, 2.05) is 43.5 Å². The summed E-state index contributed by atoms with van der Waals surface area (Å²) < 4.78 is 0. The first-order valence-electron chi connectivity index (χ1n) is 8.45. The van der Waals surface area contributed by atoms with Gasteiger partial charge in [0, 0.05) is 45.4 Å². The van der Waals surface area contributed by atoms with Crippen LogP contribution in [0.2, 0.25) is 0 Å². The van der Waals surface area contributed by atoms with E-state index in [2.05, 4.69) is 21.7 Å². The lowest BCUT2D eigenvalue weighted by atomic mass is 9.95. The average molecular weight is 339 g/mol. The molecule has 3 atom stereocenters. The van der Waals surface area contributed by atoms with Gasteiger partial charge in [0.25, 0.3) is 5.91 Å². The number of benzene rings is 1. The van der Waals surface area contributed by atoms with Crippen molar-refractivity contribution in [1.82, 2.24) is 15.6 Å². The van der Waals surface area contributed by atoms with E-state index in [1.54, 1.807) is 11.8 Å². The zero-order valence-corrected chi connectivity index (χ0v) is 14.5. The van der Waals surface area contributed by atoms with Gasteiger partial charge in [-0.1, -0.05) is 11.8 Å². The first-order chi connectivity index (χ1) is 11.7. The van der Waals surface area contributed by atoms with Gasteiger partial charge in [-0.05, 0) is 62.6 Å². The molecule has 0 saturated carbocycles. The van der Waals surface area contributed by atoms with Crippen molar-refractivity contribution in [1.29, 1.82) is 0 Å². The molecule has 0 unspecified atom stereocenters. The molecule has 0 spiro atoms. The SMILES string of the molecule is Cc1cc(Sc2ccc(C(=O)N[C@@H]3C[C@H]4CC[C@@H]3N4)cc2)ccn1. The van der Waals surface area contributed by atoms with Gasteiger partial charge in [-0.2, -0.15) is 0 Å². The van der Waals surface area contributed by atoms with Gasteiger partial charge < -0.3 is 10.6 Å². The molecule has 2 aliphatic heterocycles. The van der Waals surface area contributed by atoms with Gasteiger partial charge in [-0.15, -0.1) is 0 Å². The number of aromatic nitrogens is 1. The van der Waals surface area contributed by atoms with Crippen LogP contribution in [-0.2, 0) is 0 Å². The van der Waals surface area contributed by atoms with Crippen molar-refractivity contribution in [3.63, 3.8) is 0 Å². The summed E-state index contributed by atoms with van der Waals surface area (Å²) in [6.45, 7) is 1.99. The smallest absolute Gasteiger partial charge is 0.251 e. The second-order valence-corrected chi connectivity index (χ2v) is 7.77. The van der Waals surface area contributed by atoms with E-state index >= 15 is 0 Å². The molecule has 5 heteroatoms. The average Bonchev–Trinajstić information content (AvgIpc) is 3.18. The van der Waals surface area contributed by atoms with Gasteiger partial charge in [0.15, 0.2) is 0 Å². The molecule has 2 bridgehead atoms. The van der Waals surface area contributed by atoms with E-state index in [0.717, 1.165) is 27.5 Å². The predicted molar refractivity (Wildman–Crippen MR) is 95.4 cm³/mol. The number of aryl methyl sites for hydroxylation is 1. The third kappa shape index (κ3) is 3.32. The number of hydrogen-bond donors (Lipinski definition) is 2. The zero-order chi connectivity index (χ0) is 16.5. The summed E-state index contributed by atoms with van der Waals surface area (Å²) in [6.07, 6.45) is 5.31. The lowest BCUT2D eigenvalue weighted by Gasteiger charge is -2.21. The molecule has 1 aromatic heterocycles. The Balaban J connectivity index is 1.39. The molecule has 4 nitrogen and oxygen atoms in total. The van der Waals surface area contributed by atoms with Crippen molar-refractivity contribution in [2.24, 2.45) is 0 Å². The van der Waals surface area contributed by atoms with Crippen molar-refractivity contribution >= 4 is 17.7 Å². The fraction of sp³-hybridized carbons (Fsp3) is 0.368. The van der Waals surface area contributed by atoms with Gasteiger partial charge in [0.1, 0.15) is 0 Å². The summed E-state index contributed by atoms with van der Waals surface area (Å²) in [4.78, 5) is 18.9. The highest BCUT2D eigenvalue weighted by molar-refractivity contribution is 7.99. The maximum atomic E-state index is 12.4. The number of carbonyl (C=O) groups is 1. The van der Waals surface area contributed by atoms with Gasteiger partial charge in [0.05, 0.1) is 0 Å². The molecule has 1 aromatic carbocycles. The number of rotatable bonds is 4. The molecule has 24 heavy (non-hydrogen) atoms. The monoisotopic (exact) mass is 339 g/mol. The molecule has 2 fully saturated rings. The Morgan fingerprint density at radius 3 is 2.71 bits per heavy atom. The molecule has 2 aromatic rings. The number of fused-ring (bicyclic) bond motifs is 2. The lowest BCUT2D eigenvalue weighted by molar-refractivity contribution is 0.0931. The molecule has 1 amide bonds. The number of pyridine rings is 1. The molecular formula is C19H21N3OS. The first-order valence-corrected chi connectivity index (χ1v) is 9.26. The fourth-order valence-corrected chi connectivity index (χ4v) is 4.53. The van der Waals surface area contributed by atoms with Gasteiger partial charge >= 0.3 is 0 Å². The van der Waals surface area contributed by atoms with Gasteiger partial charge in [0.2, 0.25) is 0 Å².